The van der Waals surface area contributed by atoms with E-state index in [9.17, 15) is 9.59 Å². The van der Waals surface area contributed by atoms with Gasteiger partial charge >= 0.3 is 5.97 Å². The lowest BCUT2D eigenvalue weighted by Gasteiger charge is -2.39. The van der Waals surface area contributed by atoms with Gasteiger partial charge < -0.3 is 4.74 Å². The monoisotopic (exact) mass is 336 g/mol. The van der Waals surface area contributed by atoms with Crippen molar-refractivity contribution in [2.75, 3.05) is 13.2 Å². The van der Waals surface area contributed by atoms with E-state index in [0.717, 1.165) is 16.3 Å². The van der Waals surface area contributed by atoms with Gasteiger partial charge in [0.25, 0.3) is 0 Å². The molecule has 25 heavy (non-hydrogen) atoms. The van der Waals surface area contributed by atoms with Crippen LogP contribution in [0.1, 0.15) is 24.9 Å². The number of benzene rings is 2. The van der Waals surface area contributed by atoms with Crippen LogP contribution in [0.4, 0.5) is 0 Å². The van der Waals surface area contributed by atoms with Crippen molar-refractivity contribution in [1.29, 1.82) is 0 Å². The van der Waals surface area contributed by atoms with Crippen LogP contribution in [0.5, 0.6) is 0 Å². The van der Waals surface area contributed by atoms with Crippen molar-refractivity contribution in [1.82, 2.24) is 10.0 Å². The molecule has 2 atom stereocenters. The Morgan fingerprint density at radius 3 is 2.80 bits per heavy atom. The molecule has 128 valence electrons. The first-order valence-corrected chi connectivity index (χ1v) is 8.61. The molecule has 0 unspecified atom stereocenters. The summed E-state index contributed by atoms with van der Waals surface area (Å²) in [6.45, 7) is 2.76. The van der Waals surface area contributed by atoms with Gasteiger partial charge in [0.05, 0.1) is 18.6 Å². The van der Waals surface area contributed by atoms with Gasteiger partial charge in [-0.15, -0.1) is 0 Å². The number of hydrogen-bond donors (Lipinski definition) is 0. The number of carbonyl (C=O) groups excluding carboxylic acids is 2. The molecule has 0 aromatic heterocycles. The lowest BCUT2D eigenvalue weighted by Crippen LogP contribution is -2.45. The second kappa shape index (κ2) is 6.33. The smallest absolute Gasteiger partial charge is 0.314 e. The predicted octanol–water partition coefficient (Wildman–Crippen LogP) is 3.04. The Hall–Kier alpha value is -2.66. The molecular weight excluding hydrogens is 316 g/mol. The molecule has 2 aromatic carbocycles. The largest absolute Gasteiger partial charge is 0.465 e. The summed E-state index contributed by atoms with van der Waals surface area (Å²) in [5.74, 6) is -0.622. The van der Waals surface area contributed by atoms with Crippen molar-refractivity contribution in [3.05, 3.63) is 60.3 Å². The Balaban J connectivity index is 1.79. The van der Waals surface area contributed by atoms with E-state index >= 15 is 0 Å². The Morgan fingerprint density at radius 2 is 2.00 bits per heavy atom. The zero-order valence-corrected chi connectivity index (χ0v) is 14.1. The Bertz CT molecular complexity index is 861. The first-order chi connectivity index (χ1) is 12.2. The van der Waals surface area contributed by atoms with Crippen molar-refractivity contribution in [2.45, 2.75) is 19.4 Å². The minimum atomic E-state index is -0.428. The third kappa shape index (κ3) is 2.70. The number of ether oxygens (including phenoxy) is 1. The molecule has 2 aromatic rings. The Labute approximate surface area is 146 Å². The van der Waals surface area contributed by atoms with E-state index in [1.165, 1.54) is 0 Å². The molecule has 0 N–H and O–H groups in total. The van der Waals surface area contributed by atoms with Crippen molar-refractivity contribution < 1.29 is 14.3 Å². The van der Waals surface area contributed by atoms with Gasteiger partial charge in [0.15, 0.2) is 0 Å². The summed E-state index contributed by atoms with van der Waals surface area (Å²) in [5, 5.41) is 5.89. The fraction of sp³-hybridized carbons (Fsp3) is 0.300. The summed E-state index contributed by atoms with van der Waals surface area (Å²) in [7, 11) is 0. The fourth-order valence-electron chi connectivity index (χ4n) is 3.70. The second-order valence-electron chi connectivity index (χ2n) is 6.32. The number of carbonyl (C=O) groups is 2. The lowest BCUT2D eigenvalue weighted by molar-refractivity contribution is -0.154. The number of esters is 1. The predicted molar refractivity (Wildman–Crippen MR) is 94.1 cm³/mol. The minimum Gasteiger partial charge on any atom is -0.465 e. The van der Waals surface area contributed by atoms with E-state index in [1.54, 1.807) is 24.2 Å². The van der Waals surface area contributed by atoms with Crippen LogP contribution in [-0.2, 0) is 14.3 Å². The summed E-state index contributed by atoms with van der Waals surface area (Å²) in [5.41, 5.74) is 1.01. The maximum atomic E-state index is 12.5. The lowest BCUT2D eigenvalue weighted by atomic mass is 9.90. The Kier molecular flexibility index (Phi) is 4.01. The summed E-state index contributed by atoms with van der Waals surface area (Å²) in [4.78, 5) is 24.6. The van der Waals surface area contributed by atoms with Gasteiger partial charge in [-0.3, -0.25) is 9.59 Å². The molecule has 1 fully saturated rings. The van der Waals surface area contributed by atoms with Gasteiger partial charge in [-0.25, -0.2) is 10.0 Å². The summed E-state index contributed by atoms with van der Waals surface area (Å²) in [6.07, 6.45) is 3.95. The van der Waals surface area contributed by atoms with Crippen LogP contribution in [0.15, 0.2) is 54.7 Å². The van der Waals surface area contributed by atoms with Crippen LogP contribution < -0.4 is 0 Å². The summed E-state index contributed by atoms with van der Waals surface area (Å²) in [6, 6.07) is 14.1. The Morgan fingerprint density at radius 1 is 1.20 bits per heavy atom. The minimum absolute atomic E-state index is 0.0596. The normalized spacial score (nSPS) is 23.1. The first-order valence-electron chi connectivity index (χ1n) is 8.61. The number of hydrogen-bond acceptors (Lipinski definition) is 4. The molecule has 0 spiro atoms. The van der Waals surface area contributed by atoms with E-state index in [2.05, 4.69) is 24.3 Å². The van der Waals surface area contributed by atoms with E-state index < -0.39 is 5.92 Å². The molecule has 0 bridgehead atoms. The summed E-state index contributed by atoms with van der Waals surface area (Å²) >= 11 is 0. The van der Waals surface area contributed by atoms with Gasteiger partial charge in [0.1, 0.15) is 0 Å². The SMILES string of the molecule is CCOC(=O)[C@H]1C=CN2C(=O)CCN2[C@@H]1c1ccc2ccccc2c1. The number of amides is 1. The van der Waals surface area contributed by atoms with Crippen molar-refractivity contribution in [2.24, 2.45) is 5.92 Å². The molecule has 1 amide bonds. The summed E-state index contributed by atoms with van der Waals surface area (Å²) < 4.78 is 5.28. The standard InChI is InChI=1S/C20H20N2O3/c1-2-25-20(24)17-9-11-21-18(23)10-12-22(21)19(17)16-8-7-14-5-3-4-6-15(14)13-16/h3-9,11,13,17,19H,2,10,12H2,1H3/t17-,19+/m0/s1. The fourth-order valence-corrected chi connectivity index (χ4v) is 3.70. The van der Waals surface area contributed by atoms with Crippen LogP contribution >= 0.6 is 0 Å². The van der Waals surface area contributed by atoms with Crippen LogP contribution in [0.25, 0.3) is 10.8 Å². The highest BCUT2D eigenvalue weighted by Crippen LogP contribution is 2.39. The molecule has 5 heteroatoms. The molecule has 0 radical (unpaired) electrons. The zero-order chi connectivity index (χ0) is 17.4. The maximum absolute atomic E-state index is 12.5. The van der Waals surface area contributed by atoms with E-state index in [0.29, 0.717) is 19.6 Å². The molecular formula is C20H20N2O3. The van der Waals surface area contributed by atoms with Gasteiger partial charge in [-0.05, 0) is 29.3 Å². The average molecular weight is 336 g/mol. The topological polar surface area (TPSA) is 49.9 Å². The maximum Gasteiger partial charge on any atom is 0.314 e. The van der Waals surface area contributed by atoms with Crippen LogP contribution in [0.2, 0.25) is 0 Å². The van der Waals surface area contributed by atoms with Crippen LogP contribution in [0.3, 0.4) is 0 Å². The quantitative estimate of drug-likeness (QED) is 0.809. The first kappa shape index (κ1) is 15.8. The van der Waals surface area contributed by atoms with Gasteiger partial charge in [-0.2, -0.15) is 0 Å². The number of fused-ring (bicyclic) bond motifs is 2. The molecule has 0 aliphatic carbocycles. The molecule has 0 saturated carbocycles. The van der Waals surface area contributed by atoms with Crippen molar-refractivity contribution in [3.8, 4) is 0 Å². The highest BCUT2D eigenvalue weighted by atomic mass is 16.5. The number of rotatable bonds is 3. The van der Waals surface area contributed by atoms with Crippen LogP contribution in [0, 0.1) is 5.92 Å². The molecule has 1 saturated heterocycles. The highest BCUT2D eigenvalue weighted by molar-refractivity contribution is 5.84. The third-order valence-electron chi connectivity index (χ3n) is 4.86. The molecule has 2 aliphatic rings. The zero-order valence-electron chi connectivity index (χ0n) is 14.1. The molecule has 4 rings (SSSR count). The van der Waals surface area contributed by atoms with Gasteiger partial charge in [0.2, 0.25) is 5.91 Å². The van der Waals surface area contributed by atoms with Crippen molar-refractivity contribution in [3.63, 3.8) is 0 Å². The van der Waals surface area contributed by atoms with E-state index in [4.69, 9.17) is 4.74 Å². The van der Waals surface area contributed by atoms with Gasteiger partial charge in [0, 0.05) is 19.2 Å². The van der Waals surface area contributed by atoms with Crippen molar-refractivity contribution >= 4 is 22.6 Å². The van der Waals surface area contributed by atoms with E-state index in [-0.39, 0.29) is 17.9 Å². The third-order valence-corrected chi connectivity index (χ3v) is 4.86. The number of hydrazine groups is 1. The highest BCUT2D eigenvalue weighted by Gasteiger charge is 2.43. The molecule has 5 nitrogen and oxygen atoms in total. The molecule has 2 aliphatic heterocycles. The number of nitrogens with zero attached hydrogens (tertiary/aromatic N) is 2. The van der Waals surface area contributed by atoms with E-state index in [1.807, 2.05) is 23.2 Å². The average Bonchev–Trinajstić information content (AvgIpc) is 3.02. The van der Waals surface area contributed by atoms with Crippen LogP contribution in [-0.4, -0.2) is 35.0 Å². The molecule has 2 heterocycles. The van der Waals surface area contributed by atoms with Gasteiger partial charge in [-0.1, -0.05) is 42.5 Å². The second-order valence-corrected chi connectivity index (χ2v) is 6.32.